The Kier molecular flexibility index (Phi) is 3.63. The molecule has 0 aliphatic carbocycles. The molecular formula is C11H13BrN2O3. The molecular weight excluding hydrogens is 288 g/mol. The predicted octanol–water partition coefficient (Wildman–Crippen LogP) is 2.88. The van der Waals surface area contributed by atoms with Gasteiger partial charge in [0, 0.05) is 23.7 Å². The summed E-state index contributed by atoms with van der Waals surface area (Å²) in [5, 5.41) is 24.0. The summed E-state index contributed by atoms with van der Waals surface area (Å²) in [4.78, 5) is 10.3. The fourth-order valence-corrected chi connectivity index (χ4v) is 2.56. The number of non-ortho nitro benzene ring substituents is 1. The molecule has 2 N–H and O–H groups in total. The van der Waals surface area contributed by atoms with Crippen LogP contribution < -0.4 is 5.32 Å². The van der Waals surface area contributed by atoms with Gasteiger partial charge in [-0.25, -0.2) is 0 Å². The van der Waals surface area contributed by atoms with E-state index in [-0.39, 0.29) is 17.5 Å². The van der Waals surface area contributed by atoms with Crippen LogP contribution in [0.15, 0.2) is 16.6 Å². The molecule has 0 aromatic heterocycles. The molecule has 1 aromatic carbocycles. The monoisotopic (exact) mass is 300 g/mol. The average Bonchev–Trinajstić information content (AvgIpc) is 2.33. The number of benzene rings is 1. The van der Waals surface area contributed by atoms with E-state index in [4.69, 9.17) is 0 Å². The molecule has 0 amide bonds. The first kappa shape index (κ1) is 12.3. The van der Waals surface area contributed by atoms with Crippen LogP contribution in [-0.4, -0.2) is 16.6 Å². The maximum absolute atomic E-state index is 10.8. The molecule has 5 nitrogen and oxygen atoms in total. The first-order valence-electron chi connectivity index (χ1n) is 5.50. The lowest BCUT2D eigenvalue weighted by Crippen LogP contribution is -2.26. The zero-order valence-electron chi connectivity index (χ0n) is 9.15. The van der Waals surface area contributed by atoms with E-state index >= 15 is 0 Å². The second-order valence-electron chi connectivity index (χ2n) is 4.13. The number of hydrogen-bond acceptors (Lipinski definition) is 4. The van der Waals surface area contributed by atoms with Gasteiger partial charge in [-0.3, -0.25) is 10.1 Å². The number of nitro benzene ring substituents is 1. The molecule has 1 aromatic rings. The van der Waals surface area contributed by atoms with Gasteiger partial charge in [0.2, 0.25) is 0 Å². The largest absolute Gasteiger partial charge is 0.506 e. The van der Waals surface area contributed by atoms with Crippen molar-refractivity contribution in [2.24, 2.45) is 0 Å². The molecule has 17 heavy (non-hydrogen) atoms. The highest BCUT2D eigenvalue weighted by Gasteiger charge is 2.22. The van der Waals surface area contributed by atoms with Crippen molar-refractivity contribution in [3.05, 3.63) is 32.3 Å². The predicted molar refractivity (Wildman–Crippen MR) is 67.1 cm³/mol. The molecule has 6 heteroatoms. The second kappa shape index (κ2) is 5.01. The summed E-state index contributed by atoms with van der Waals surface area (Å²) in [6.07, 6.45) is 3.06. The second-order valence-corrected chi connectivity index (χ2v) is 4.98. The standard InChI is InChI=1S/C11H13BrN2O3/c12-9-6-7(14(16)17)5-8(11(9)15)10-3-1-2-4-13-10/h5-6,10,13,15H,1-4H2/t10-/m1/s1. The third kappa shape index (κ3) is 2.58. The average molecular weight is 301 g/mol. The molecule has 0 spiro atoms. The highest BCUT2D eigenvalue weighted by Crippen LogP contribution is 2.38. The molecule has 0 unspecified atom stereocenters. The van der Waals surface area contributed by atoms with Crippen LogP contribution in [0.25, 0.3) is 0 Å². The molecule has 2 rings (SSSR count). The minimum atomic E-state index is -0.448. The Labute approximate surface area is 107 Å². The number of phenols is 1. The van der Waals surface area contributed by atoms with Gasteiger partial charge in [-0.15, -0.1) is 0 Å². The van der Waals surface area contributed by atoms with E-state index in [2.05, 4.69) is 21.2 Å². The summed E-state index contributed by atoms with van der Waals surface area (Å²) in [5.41, 5.74) is 0.600. The number of nitro groups is 1. The summed E-state index contributed by atoms with van der Waals surface area (Å²) in [7, 11) is 0. The molecule has 1 aliphatic rings. The molecule has 1 fully saturated rings. The van der Waals surface area contributed by atoms with Crippen molar-refractivity contribution >= 4 is 21.6 Å². The third-order valence-corrected chi connectivity index (χ3v) is 3.58. The highest BCUT2D eigenvalue weighted by atomic mass is 79.9. The maximum atomic E-state index is 10.8. The van der Waals surface area contributed by atoms with Crippen molar-refractivity contribution in [1.29, 1.82) is 0 Å². The van der Waals surface area contributed by atoms with E-state index in [1.54, 1.807) is 0 Å². The number of halogens is 1. The number of nitrogens with zero attached hydrogens (tertiary/aromatic N) is 1. The van der Waals surface area contributed by atoms with Crippen LogP contribution in [0.4, 0.5) is 5.69 Å². The van der Waals surface area contributed by atoms with Crippen LogP contribution in [0.2, 0.25) is 0 Å². The summed E-state index contributed by atoms with van der Waals surface area (Å²) >= 11 is 3.15. The summed E-state index contributed by atoms with van der Waals surface area (Å²) in [6.45, 7) is 0.879. The maximum Gasteiger partial charge on any atom is 0.271 e. The van der Waals surface area contributed by atoms with E-state index < -0.39 is 4.92 Å². The van der Waals surface area contributed by atoms with E-state index in [1.165, 1.54) is 12.1 Å². The Morgan fingerprint density at radius 2 is 2.24 bits per heavy atom. The lowest BCUT2D eigenvalue weighted by Gasteiger charge is -2.24. The van der Waals surface area contributed by atoms with Crippen LogP contribution in [0.3, 0.4) is 0 Å². The number of piperidine rings is 1. The Hall–Kier alpha value is -1.14. The Morgan fingerprint density at radius 1 is 1.47 bits per heavy atom. The number of nitrogens with one attached hydrogen (secondary N) is 1. The third-order valence-electron chi connectivity index (χ3n) is 2.97. The minimum absolute atomic E-state index is 0.0000463. The first-order valence-corrected chi connectivity index (χ1v) is 6.29. The van der Waals surface area contributed by atoms with Gasteiger partial charge in [-0.05, 0) is 35.3 Å². The van der Waals surface area contributed by atoms with Crippen molar-refractivity contribution in [1.82, 2.24) is 5.32 Å². The van der Waals surface area contributed by atoms with Crippen molar-refractivity contribution < 1.29 is 10.0 Å². The Bertz CT molecular complexity index is 445. The van der Waals surface area contributed by atoms with Crippen molar-refractivity contribution in [3.8, 4) is 5.75 Å². The molecule has 0 bridgehead atoms. The Morgan fingerprint density at radius 3 is 2.82 bits per heavy atom. The molecule has 1 aliphatic heterocycles. The van der Waals surface area contributed by atoms with Crippen LogP contribution in [0.1, 0.15) is 30.9 Å². The fourth-order valence-electron chi connectivity index (χ4n) is 2.09. The van der Waals surface area contributed by atoms with Gasteiger partial charge in [0.05, 0.1) is 9.40 Å². The fraction of sp³-hybridized carbons (Fsp3) is 0.455. The van der Waals surface area contributed by atoms with E-state index in [9.17, 15) is 15.2 Å². The highest BCUT2D eigenvalue weighted by molar-refractivity contribution is 9.10. The van der Waals surface area contributed by atoms with Crippen molar-refractivity contribution in [3.63, 3.8) is 0 Å². The Balaban J connectivity index is 2.40. The van der Waals surface area contributed by atoms with Gasteiger partial charge in [0.15, 0.2) is 0 Å². The van der Waals surface area contributed by atoms with Crippen LogP contribution >= 0.6 is 15.9 Å². The zero-order valence-corrected chi connectivity index (χ0v) is 10.7. The molecule has 1 saturated heterocycles. The van der Waals surface area contributed by atoms with E-state index in [1.807, 2.05) is 0 Å². The minimum Gasteiger partial charge on any atom is -0.506 e. The van der Waals surface area contributed by atoms with Gasteiger partial charge in [0.1, 0.15) is 5.75 Å². The molecule has 92 valence electrons. The summed E-state index contributed by atoms with van der Waals surface area (Å²) in [5.74, 6) is 0.0926. The number of rotatable bonds is 2. The SMILES string of the molecule is O=[N+]([O-])c1cc(Br)c(O)c([C@H]2CCCCN2)c1. The van der Waals surface area contributed by atoms with E-state index in [0.717, 1.165) is 25.8 Å². The smallest absolute Gasteiger partial charge is 0.271 e. The molecule has 1 heterocycles. The zero-order chi connectivity index (χ0) is 12.4. The van der Waals surface area contributed by atoms with Gasteiger partial charge in [0.25, 0.3) is 5.69 Å². The van der Waals surface area contributed by atoms with Crippen LogP contribution in [0, 0.1) is 10.1 Å². The van der Waals surface area contributed by atoms with Gasteiger partial charge < -0.3 is 10.4 Å². The first-order chi connectivity index (χ1) is 8.09. The topological polar surface area (TPSA) is 75.4 Å². The van der Waals surface area contributed by atoms with Gasteiger partial charge >= 0.3 is 0 Å². The van der Waals surface area contributed by atoms with E-state index in [0.29, 0.717) is 10.0 Å². The normalized spacial score (nSPS) is 20.2. The summed E-state index contributed by atoms with van der Waals surface area (Å²) in [6, 6.07) is 2.77. The van der Waals surface area contributed by atoms with Crippen LogP contribution in [-0.2, 0) is 0 Å². The van der Waals surface area contributed by atoms with Crippen molar-refractivity contribution in [2.45, 2.75) is 25.3 Å². The lowest BCUT2D eigenvalue weighted by molar-refractivity contribution is -0.385. The summed E-state index contributed by atoms with van der Waals surface area (Å²) < 4.78 is 0.370. The lowest BCUT2D eigenvalue weighted by atomic mass is 9.96. The van der Waals surface area contributed by atoms with Crippen LogP contribution in [0.5, 0.6) is 5.75 Å². The van der Waals surface area contributed by atoms with Gasteiger partial charge in [-0.1, -0.05) is 6.42 Å². The number of aromatic hydroxyl groups is 1. The molecule has 0 saturated carbocycles. The molecule has 1 atom stereocenters. The number of hydrogen-bond donors (Lipinski definition) is 2. The van der Waals surface area contributed by atoms with Gasteiger partial charge in [-0.2, -0.15) is 0 Å². The number of phenolic OH excluding ortho intramolecular Hbond substituents is 1. The van der Waals surface area contributed by atoms with Crippen molar-refractivity contribution in [2.75, 3.05) is 6.54 Å². The molecule has 0 radical (unpaired) electrons. The quantitative estimate of drug-likeness (QED) is 0.650.